The molecular weight excluding hydrogens is 533 g/mol. The molecule has 0 aliphatic carbocycles. The molecule has 0 unspecified atom stereocenters. The van der Waals surface area contributed by atoms with Gasteiger partial charge in [-0.1, -0.05) is 37.6 Å². The number of ether oxygens (including phenoxy) is 1. The van der Waals surface area contributed by atoms with E-state index < -0.39 is 33.9 Å². The second kappa shape index (κ2) is 16.0. The number of amides is 1. The van der Waals surface area contributed by atoms with Crippen LogP contribution in [0.4, 0.5) is 4.39 Å². The van der Waals surface area contributed by atoms with Gasteiger partial charge in [-0.15, -0.1) is 0 Å². The molecule has 11 heteroatoms. The minimum atomic E-state index is -3.60. The number of carbonyl (C=O) groups excluding carboxylic acids is 1. The minimum Gasteiger partial charge on any atom is -0.497 e. The maximum Gasteiger partial charge on any atom is 0.221 e. The van der Waals surface area contributed by atoms with Crippen molar-refractivity contribution < 1.29 is 27.4 Å². The summed E-state index contributed by atoms with van der Waals surface area (Å²) < 4.78 is 46.0. The summed E-state index contributed by atoms with van der Waals surface area (Å²) in [4.78, 5) is 12.8. The first-order valence-electron chi connectivity index (χ1n) is 12.8. The number of nitrogens with one attached hydrogen (secondary N) is 2. The fourth-order valence-electron chi connectivity index (χ4n) is 4.07. The van der Waals surface area contributed by atoms with E-state index in [-0.39, 0.29) is 30.2 Å². The van der Waals surface area contributed by atoms with Crippen LogP contribution in [0.2, 0.25) is 5.02 Å². The molecule has 1 amide bonds. The predicted octanol–water partition coefficient (Wildman–Crippen LogP) is 3.51. The Bertz CT molecular complexity index is 1110. The average molecular weight is 572 g/mol. The van der Waals surface area contributed by atoms with Crippen molar-refractivity contribution in [2.24, 2.45) is 0 Å². The molecule has 0 saturated carbocycles. The summed E-state index contributed by atoms with van der Waals surface area (Å²) in [7, 11) is -2.02. The van der Waals surface area contributed by atoms with Gasteiger partial charge in [0, 0.05) is 37.6 Å². The van der Waals surface area contributed by atoms with Crippen molar-refractivity contribution in [3.05, 3.63) is 64.4 Å². The van der Waals surface area contributed by atoms with Crippen LogP contribution in [-0.2, 0) is 27.8 Å². The van der Waals surface area contributed by atoms with Crippen LogP contribution < -0.4 is 15.4 Å². The van der Waals surface area contributed by atoms with Gasteiger partial charge in [0.1, 0.15) is 11.6 Å². The highest BCUT2D eigenvalue weighted by molar-refractivity contribution is 7.89. The van der Waals surface area contributed by atoms with E-state index in [1.807, 2.05) is 38.1 Å². The van der Waals surface area contributed by atoms with Crippen molar-refractivity contribution in [2.75, 3.05) is 32.5 Å². The van der Waals surface area contributed by atoms with Crippen LogP contribution in [0, 0.1) is 5.82 Å². The first-order valence-corrected chi connectivity index (χ1v) is 14.8. The first-order chi connectivity index (χ1) is 18.1. The van der Waals surface area contributed by atoms with E-state index in [4.69, 9.17) is 16.3 Å². The van der Waals surface area contributed by atoms with E-state index in [9.17, 15) is 22.7 Å². The van der Waals surface area contributed by atoms with Gasteiger partial charge in [0.15, 0.2) is 0 Å². The maximum absolute atomic E-state index is 13.9. The lowest BCUT2D eigenvalue weighted by Crippen LogP contribution is -2.49. The Morgan fingerprint density at radius 3 is 2.47 bits per heavy atom. The molecule has 0 fully saturated rings. The van der Waals surface area contributed by atoms with Gasteiger partial charge in [0.2, 0.25) is 15.9 Å². The molecule has 0 aromatic heterocycles. The van der Waals surface area contributed by atoms with Gasteiger partial charge in [0.25, 0.3) is 0 Å². The maximum atomic E-state index is 13.9. The molecule has 38 heavy (non-hydrogen) atoms. The average Bonchev–Trinajstić information content (AvgIpc) is 2.86. The number of methoxy groups -OCH3 is 1. The Balaban J connectivity index is 2.07. The highest BCUT2D eigenvalue weighted by atomic mass is 35.5. The van der Waals surface area contributed by atoms with Crippen molar-refractivity contribution >= 4 is 27.5 Å². The molecular formula is C27H39ClFN3O5S. The third kappa shape index (κ3) is 10.9. The molecule has 0 radical (unpaired) electrons. The molecule has 0 bridgehead atoms. The SMILES string of the molecule is CCCN(CCC)S(=O)(=O)CCC(=O)N[C@@H](Cc1cc(F)cc(Cl)c1)[C@H](O)CNCc1cccc(OC)c1. The zero-order chi connectivity index (χ0) is 28.1. The molecule has 8 nitrogen and oxygen atoms in total. The van der Waals surface area contributed by atoms with Crippen molar-refractivity contribution in [1.29, 1.82) is 0 Å². The zero-order valence-electron chi connectivity index (χ0n) is 22.3. The lowest BCUT2D eigenvalue weighted by Gasteiger charge is -2.25. The number of benzene rings is 2. The second-order valence-corrected chi connectivity index (χ2v) is 11.7. The van der Waals surface area contributed by atoms with Gasteiger partial charge in [-0.25, -0.2) is 17.1 Å². The number of carbonyl (C=O) groups is 1. The number of nitrogens with zero attached hydrogens (tertiary/aromatic N) is 1. The summed E-state index contributed by atoms with van der Waals surface area (Å²) in [6.07, 6.45) is 0.170. The van der Waals surface area contributed by atoms with E-state index in [1.165, 1.54) is 16.4 Å². The third-order valence-electron chi connectivity index (χ3n) is 5.93. The number of aliphatic hydroxyl groups is 1. The van der Waals surface area contributed by atoms with E-state index in [0.29, 0.717) is 43.8 Å². The molecule has 0 aliphatic rings. The first kappa shape index (κ1) is 32.0. The highest BCUT2D eigenvalue weighted by Gasteiger charge is 2.25. The van der Waals surface area contributed by atoms with Gasteiger partial charge < -0.3 is 20.5 Å². The summed E-state index contributed by atoms with van der Waals surface area (Å²) in [5.74, 6) is -0.659. The van der Waals surface area contributed by atoms with Gasteiger partial charge in [-0.2, -0.15) is 0 Å². The van der Waals surface area contributed by atoms with Crippen LogP contribution in [0.5, 0.6) is 5.75 Å². The molecule has 2 rings (SSSR count). The molecule has 0 saturated heterocycles. The summed E-state index contributed by atoms with van der Waals surface area (Å²) in [6.45, 7) is 5.18. The predicted molar refractivity (Wildman–Crippen MR) is 148 cm³/mol. The summed E-state index contributed by atoms with van der Waals surface area (Å²) >= 11 is 5.99. The summed E-state index contributed by atoms with van der Waals surface area (Å²) in [5.41, 5.74) is 1.44. The molecule has 0 aliphatic heterocycles. The summed E-state index contributed by atoms with van der Waals surface area (Å²) in [6, 6.07) is 10.7. The van der Waals surface area contributed by atoms with E-state index >= 15 is 0 Å². The molecule has 212 valence electrons. The molecule has 3 N–H and O–H groups in total. The van der Waals surface area contributed by atoms with Crippen LogP contribution in [0.3, 0.4) is 0 Å². The van der Waals surface area contributed by atoms with Crippen LogP contribution in [-0.4, -0.2) is 68.4 Å². The number of rotatable bonds is 17. The standard InChI is InChI=1S/C27H39ClFN3O5S/c1-4-10-32(11-5-2)38(35,36)12-9-27(34)31-25(16-21-13-22(28)17-23(29)14-21)26(33)19-30-18-20-7-6-8-24(15-20)37-3/h6-8,13-15,17,25-26,30,33H,4-5,9-12,16,18-19H2,1-3H3,(H,31,34)/t25-,26+/m0/s1. The van der Waals surface area contributed by atoms with E-state index in [0.717, 1.165) is 5.56 Å². The van der Waals surface area contributed by atoms with Crippen LogP contribution >= 0.6 is 11.6 Å². The molecule has 2 aromatic carbocycles. The molecule has 2 aromatic rings. The summed E-state index contributed by atoms with van der Waals surface area (Å²) in [5, 5.41) is 17.0. The molecule has 0 heterocycles. The lowest BCUT2D eigenvalue weighted by molar-refractivity contribution is -0.122. The van der Waals surface area contributed by atoms with Crippen molar-refractivity contribution in [1.82, 2.24) is 14.9 Å². The second-order valence-electron chi connectivity index (χ2n) is 9.17. The highest BCUT2D eigenvalue weighted by Crippen LogP contribution is 2.17. The van der Waals surface area contributed by atoms with Crippen molar-refractivity contribution in [3.63, 3.8) is 0 Å². The number of halogens is 2. The Morgan fingerprint density at radius 2 is 1.84 bits per heavy atom. The zero-order valence-corrected chi connectivity index (χ0v) is 23.8. The topological polar surface area (TPSA) is 108 Å². The lowest BCUT2D eigenvalue weighted by atomic mass is 10.0. The quantitative estimate of drug-likeness (QED) is 0.268. The molecule has 2 atom stereocenters. The fourth-order valence-corrected chi connectivity index (χ4v) is 5.94. The Morgan fingerprint density at radius 1 is 1.13 bits per heavy atom. The minimum absolute atomic E-state index is 0.107. The Kier molecular flexibility index (Phi) is 13.5. The Labute approximate surface area is 230 Å². The fraction of sp³-hybridized carbons (Fsp3) is 0.519. The van der Waals surface area contributed by atoms with Crippen LogP contribution in [0.15, 0.2) is 42.5 Å². The van der Waals surface area contributed by atoms with Crippen molar-refractivity contribution in [2.45, 2.75) is 58.2 Å². The molecule has 0 spiro atoms. The smallest absolute Gasteiger partial charge is 0.221 e. The number of aliphatic hydroxyl groups excluding tert-OH is 1. The van der Waals surface area contributed by atoms with Gasteiger partial charge in [0.05, 0.1) is 25.0 Å². The largest absolute Gasteiger partial charge is 0.497 e. The number of hydrogen-bond acceptors (Lipinski definition) is 6. The normalized spacial score (nSPS) is 13.3. The van der Waals surface area contributed by atoms with Gasteiger partial charge in [-0.05, 0) is 60.7 Å². The van der Waals surface area contributed by atoms with E-state index in [1.54, 1.807) is 13.2 Å². The number of hydrogen-bond donors (Lipinski definition) is 3. The van der Waals surface area contributed by atoms with Gasteiger partial charge in [-0.3, -0.25) is 4.79 Å². The number of sulfonamides is 1. The van der Waals surface area contributed by atoms with Crippen molar-refractivity contribution in [3.8, 4) is 5.75 Å². The van der Waals surface area contributed by atoms with Crippen LogP contribution in [0.25, 0.3) is 0 Å². The Hall–Kier alpha value is -2.24. The van der Waals surface area contributed by atoms with E-state index in [2.05, 4.69) is 10.6 Å². The third-order valence-corrected chi connectivity index (χ3v) is 8.02. The van der Waals surface area contributed by atoms with Crippen LogP contribution in [0.1, 0.15) is 44.2 Å². The monoisotopic (exact) mass is 571 g/mol. The van der Waals surface area contributed by atoms with Gasteiger partial charge >= 0.3 is 0 Å².